The predicted octanol–water partition coefficient (Wildman–Crippen LogP) is 4.77. The molecule has 1 saturated carbocycles. The number of aromatic nitrogens is 2. The summed E-state index contributed by atoms with van der Waals surface area (Å²) in [6.07, 6.45) is 5.42. The minimum atomic E-state index is -0.864. The number of methoxy groups -OCH3 is 1. The molecule has 0 radical (unpaired) electrons. The van der Waals surface area contributed by atoms with Crippen LogP contribution in [0, 0.1) is 11.7 Å². The highest BCUT2D eigenvalue weighted by atomic mass is 19.1. The minimum absolute atomic E-state index is 0.0813. The van der Waals surface area contributed by atoms with Crippen molar-refractivity contribution >= 4 is 17.0 Å². The third kappa shape index (κ3) is 3.76. The average Bonchev–Trinajstić information content (AvgIpc) is 3.06. The Hall–Kier alpha value is -2.41. The van der Waals surface area contributed by atoms with Gasteiger partial charge in [-0.25, -0.2) is 9.18 Å². The fraction of sp³-hybridized carbons (Fsp3) is 0.524. The molecule has 2 unspecified atom stereocenters. The van der Waals surface area contributed by atoms with Crippen molar-refractivity contribution in [3.63, 3.8) is 0 Å². The van der Waals surface area contributed by atoms with Gasteiger partial charge in [-0.1, -0.05) is 6.92 Å². The lowest BCUT2D eigenvalue weighted by atomic mass is 9.68. The molecule has 2 aromatic rings. The van der Waals surface area contributed by atoms with Gasteiger partial charge in [0.1, 0.15) is 17.0 Å². The summed E-state index contributed by atoms with van der Waals surface area (Å²) >= 11 is 0. The highest BCUT2D eigenvalue weighted by molar-refractivity contribution is 5.83. The molecule has 1 aromatic heterocycles. The first-order valence-electron chi connectivity index (χ1n) is 9.54. The van der Waals surface area contributed by atoms with Gasteiger partial charge in [0.2, 0.25) is 0 Å². The quantitative estimate of drug-likeness (QED) is 0.793. The zero-order valence-electron chi connectivity index (χ0n) is 17.1. The van der Waals surface area contributed by atoms with E-state index in [1.54, 1.807) is 19.5 Å². The number of amides is 1. The van der Waals surface area contributed by atoms with Crippen molar-refractivity contribution in [2.45, 2.75) is 58.2 Å². The van der Waals surface area contributed by atoms with E-state index in [1.807, 2.05) is 20.8 Å². The molecule has 1 aromatic carbocycles. The SMILES string of the molecule is COC1(c2cc(F)cc3[nH]ncc23)/C(=C/NC(=O)OC(C)(C)C)CCCC1C. The molecule has 1 aliphatic carbocycles. The van der Waals surface area contributed by atoms with Gasteiger partial charge in [-0.2, -0.15) is 5.10 Å². The van der Waals surface area contributed by atoms with Crippen LogP contribution >= 0.6 is 0 Å². The number of ether oxygens (including phenoxy) is 2. The van der Waals surface area contributed by atoms with E-state index in [9.17, 15) is 9.18 Å². The summed E-state index contributed by atoms with van der Waals surface area (Å²) in [7, 11) is 1.62. The van der Waals surface area contributed by atoms with E-state index in [0.717, 1.165) is 30.2 Å². The summed E-state index contributed by atoms with van der Waals surface area (Å²) in [6, 6.07) is 2.93. The van der Waals surface area contributed by atoms with Crippen LogP contribution in [0.15, 0.2) is 30.1 Å². The molecule has 1 aliphatic rings. The number of H-pyrrole nitrogens is 1. The molecule has 0 bridgehead atoms. The Labute approximate surface area is 164 Å². The number of hydrogen-bond donors (Lipinski definition) is 2. The van der Waals surface area contributed by atoms with Gasteiger partial charge >= 0.3 is 6.09 Å². The summed E-state index contributed by atoms with van der Waals surface area (Å²) in [4.78, 5) is 12.2. The van der Waals surface area contributed by atoms with E-state index in [1.165, 1.54) is 12.1 Å². The molecule has 3 rings (SSSR count). The first kappa shape index (κ1) is 20.3. The number of alkyl carbamates (subject to hydrolysis) is 1. The number of fused-ring (bicyclic) bond motifs is 1. The maximum absolute atomic E-state index is 14.4. The molecule has 152 valence electrons. The zero-order chi connectivity index (χ0) is 20.5. The molecule has 6 nitrogen and oxygen atoms in total. The van der Waals surface area contributed by atoms with E-state index in [-0.39, 0.29) is 11.7 Å². The number of benzene rings is 1. The first-order chi connectivity index (χ1) is 13.2. The van der Waals surface area contributed by atoms with Gasteiger partial charge in [-0.3, -0.25) is 10.4 Å². The topological polar surface area (TPSA) is 76.2 Å². The van der Waals surface area contributed by atoms with Gasteiger partial charge in [-0.05, 0) is 63.7 Å². The molecule has 1 fully saturated rings. The standard InChI is InChI=1S/C21H28FN3O3/c1-13-7-6-8-14(11-23-19(26)28-20(2,3)4)21(13,27-5)17-9-15(22)10-18-16(17)12-24-25-18/h9-13H,6-8H2,1-5H3,(H,23,26)(H,24,25)/b14-11+. The Morgan fingerprint density at radius 2 is 2.18 bits per heavy atom. The van der Waals surface area contributed by atoms with Crippen LogP contribution in [-0.4, -0.2) is 29.0 Å². The highest BCUT2D eigenvalue weighted by Gasteiger charge is 2.45. The fourth-order valence-electron chi connectivity index (χ4n) is 4.14. The second kappa shape index (κ2) is 7.54. The van der Waals surface area contributed by atoms with E-state index in [2.05, 4.69) is 22.4 Å². The van der Waals surface area contributed by atoms with Gasteiger partial charge in [0.25, 0.3) is 0 Å². The Bertz CT molecular complexity index is 900. The monoisotopic (exact) mass is 389 g/mol. The third-order valence-electron chi connectivity index (χ3n) is 5.26. The molecular weight excluding hydrogens is 361 g/mol. The largest absolute Gasteiger partial charge is 0.444 e. The van der Waals surface area contributed by atoms with Crippen LogP contribution in [0.1, 0.15) is 52.5 Å². The van der Waals surface area contributed by atoms with Crippen LogP contribution in [0.5, 0.6) is 0 Å². The Morgan fingerprint density at radius 3 is 2.86 bits per heavy atom. The first-order valence-corrected chi connectivity index (χ1v) is 9.54. The molecule has 2 atom stereocenters. The van der Waals surface area contributed by atoms with Crippen LogP contribution in [0.4, 0.5) is 9.18 Å². The van der Waals surface area contributed by atoms with Crippen LogP contribution in [-0.2, 0) is 15.1 Å². The Kier molecular flexibility index (Phi) is 5.48. The van der Waals surface area contributed by atoms with Crippen LogP contribution in [0.2, 0.25) is 0 Å². The van der Waals surface area contributed by atoms with Gasteiger partial charge in [0.15, 0.2) is 0 Å². The molecule has 2 N–H and O–H groups in total. The van der Waals surface area contributed by atoms with Crippen molar-refractivity contribution < 1.29 is 18.7 Å². The molecule has 1 heterocycles. The van der Waals surface area contributed by atoms with Crippen molar-refractivity contribution in [1.29, 1.82) is 0 Å². The van der Waals surface area contributed by atoms with Crippen molar-refractivity contribution in [3.05, 3.63) is 41.5 Å². The second-order valence-electron chi connectivity index (χ2n) is 8.33. The van der Waals surface area contributed by atoms with Crippen molar-refractivity contribution in [1.82, 2.24) is 15.5 Å². The molecular formula is C21H28FN3O3. The summed E-state index contributed by atoms with van der Waals surface area (Å²) in [5.41, 5.74) is 0.753. The molecule has 1 amide bonds. The van der Waals surface area contributed by atoms with E-state index >= 15 is 0 Å². The number of carbonyl (C=O) groups is 1. The lowest BCUT2D eigenvalue weighted by Gasteiger charge is -2.44. The summed E-state index contributed by atoms with van der Waals surface area (Å²) < 4.78 is 25.8. The number of carbonyl (C=O) groups excluding carboxylic acids is 1. The molecule has 0 aliphatic heterocycles. The lowest BCUT2D eigenvalue weighted by molar-refractivity contribution is -0.0424. The highest BCUT2D eigenvalue weighted by Crippen LogP contribution is 2.49. The number of nitrogens with one attached hydrogen (secondary N) is 2. The van der Waals surface area contributed by atoms with E-state index < -0.39 is 17.3 Å². The summed E-state index contributed by atoms with van der Waals surface area (Å²) in [5, 5.41) is 10.4. The number of aromatic amines is 1. The van der Waals surface area contributed by atoms with E-state index in [0.29, 0.717) is 11.1 Å². The van der Waals surface area contributed by atoms with Crippen molar-refractivity contribution in [2.75, 3.05) is 7.11 Å². The van der Waals surface area contributed by atoms with Gasteiger partial charge in [-0.15, -0.1) is 0 Å². The van der Waals surface area contributed by atoms with Crippen molar-refractivity contribution in [2.24, 2.45) is 5.92 Å². The lowest BCUT2D eigenvalue weighted by Crippen LogP contribution is -2.42. The van der Waals surface area contributed by atoms with Crippen LogP contribution in [0.3, 0.4) is 0 Å². The number of hydrogen-bond acceptors (Lipinski definition) is 4. The molecule has 7 heteroatoms. The predicted molar refractivity (Wildman–Crippen MR) is 105 cm³/mol. The normalized spacial score (nSPS) is 24.5. The number of rotatable bonds is 3. The Morgan fingerprint density at radius 1 is 1.43 bits per heavy atom. The van der Waals surface area contributed by atoms with E-state index in [4.69, 9.17) is 9.47 Å². The van der Waals surface area contributed by atoms with Crippen LogP contribution in [0.25, 0.3) is 10.9 Å². The smallest absolute Gasteiger partial charge is 0.411 e. The molecule has 28 heavy (non-hydrogen) atoms. The molecule has 0 saturated heterocycles. The van der Waals surface area contributed by atoms with Gasteiger partial charge < -0.3 is 9.47 Å². The van der Waals surface area contributed by atoms with Crippen molar-refractivity contribution in [3.8, 4) is 0 Å². The zero-order valence-corrected chi connectivity index (χ0v) is 17.1. The fourth-order valence-corrected chi connectivity index (χ4v) is 4.14. The molecule has 0 spiro atoms. The van der Waals surface area contributed by atoms with Gasteiger partial charge in [0.05, 0.1) is 11.7 Å². The number of halogens is 1. The van der Waals surface area contributed by atoms with Crippen LogP contribution < -0.4 is 5.32 Å². The van der Waals surface area contributed by atoms with Gasteiger partial charge in [0, 0.05) is 24.3 Å². The summed E-state index contributed by atoms with van der Waals surface area (Å²) in [5.74, 6) is -0.279. The number of nitrogens with zero attached hydrogens (tertiary/aromatic N) is 1. The maximum Gasteiger partial charge on any atom is 0.411 e. The maximum atomic E-state index is 14.4. The third-order valence-corrected chi connectivity index (χ3v) is 5.26. The average molecular weight is 389 g/mol. The Balaban J connectivity index is 2.07. The minimum Gasteiger partial charge on any atom is -0.444 e. The summed E-state index contributed by atoms with van der Waals surface area (Å²) in [6.45, 7) is 7.51. The second-order valence-corrected chi connectivity index (χ2v) is 8.33.